The molecule has 0 bridgehead atoms. The molecule has 1 aromatic carbocycles. The Morgan fingerprint density at radius 2 is 1.55 bits per heavy atom. The Labute approximate surface area is 130 Å². The van der Waals surface area contributed by atoms with Crippen LogP contribution >= 0.6 is 0 Å². The highest BCUT2D eigenvalue weighted by Crippen LogP contribution is 2.38. The molecular formula is C16H23NO5. The maximum Gasteiger partial charge on any atom is 0.254 e. The van der Waals surface area contributed by atoms with Gasteiger partial charge >= 0.3 is 0 Å². The molecule has 1 aromatic rings. The molecule has 0 saturated carbocycles. The smallest absolute Gasteiger partial charge is 0.254 e. The summed E-state index contributed by atoms with van der Waals surface area (Å²) in [4.78, 5) is 14.5. The van der Waals surface area contributed by atoms with Crippen LogP contribution in [0.2, 0.25) is 0 Å². The molecule has 1 aliphatic rings. The van der Waals surface area contributed by atoms with E-state index in [2.05, 4.69) is 0 Å². The summed E-state index contributed by atoms with van der Waals surface area (Å²) in [6.07, 6.45) is 0.0458. The normalized spacial score (nSPS) is 21.4. The Morgan fingerprint density at radius 3 is 1.95 bits per heavy atom. The van der Waals surface area contributed by atoms with Gasteiger partial charge in [-0.25, -0.2) is 0 Å². The molecular weight excluding hydrogens is 286 g/mol. The second kappa shape index (κ2) is 6.87. The van der Waals surface area contributed by atoms with Crippen LogP contribution in [0.5, 0.6) is 17.2 Å². The standard InChI is InChI=1S/C16H23NO5/c1-10-8-17(9-11(2)22-10)16(18)12-6-13(19-3)15(21-5)14(7-12)20-4/h6-7,10-11H,8-9H2,1-5H3/t10-,11+. The van der Waals surface area contributed by atoms with Crippen molar-refractivity contribution in [2.45, 2.75) is 26.1 Å². The van der Waals surface area contributed by atoms with Crippen molar-refractivity contribution in [2.24, 2.45) is 0 Å². The fraction of sp³-hybridized carbons (Fsp3) is 0.562. The molecule has 2 atom stereocenters. The molecule has 1 heterocycles. The Hall–Kier alpha value is -1.95. The number of ether oxygens (including phenoxy) is 4. The van der Waals surface area contributed by atoms with Gasteiger partial charge in [-0.2, -0.15) is 0 Å². The van der Waals surface area contributed by atoms with Crippen LogP contribution in [0, 0.1) is 0 Å². The molecule has 0 unspecified atom stereocenters. The van der Waals surface area contributed by atoms with E-state index in [1.807, 2.05) is 13.8 Å². The number of hydrogen-bond acceptors (Lipinski definition) is 5. The van der Waals surface area contributed by atoms with Crippen molar-refractivity contribution in [1.82, 2.24) is 4.90 Å². The summed E-state index contributed by atoms with van der Waals surface area (Å²) in [5.74, 6) is 1.35. The fourth-order valence-corrected chi connectivity index (χ4v) is 2.73. The lowest BCUT2D eigenvalue weighted by atomic mass is 10.1. The second-order valence-corrected chi connectivity index (χ2v) is 5.38. The van der Waals surface area contributed by atoms with Crippen LogP contribution in [0.25, 0.3) is 0 Å². The highest BCUT2D eigenvalue weighted by Gasteiger charge is 2.28. The van der Waals surface area contributed by atoms with Crippen molar-refractivity contribution in [3.63, 3.8) is 0 Å². The molecule has 0 aromatic heterocycles. The summed E-state index contributed by atoms with van der Waals surface area (Å²) in [7, 11) is 4.60. The highest BCUT2D eigenvalue weighted by molar-refractivity contribution is 5.95. The first-order valence-corrected chi connectivity index (χ1v) is 7.24. The SMILES string of the molecule is COc1cc(C(=O)N2C[C@@H](C)O[C@@H](C)C2)cc(OC)c1OC. The maximum atomic E-state index is 12.7. The Morgan fingerprint density at radius 1 is 1.05 bits per heavy atom. The molecule has 1 aliphatic heterocycles. The van der Waals surface area contributed by atoms with Crippen LogP contribution in [0.1, 0.15) is 24.2 Å². The highest BCUT2D eigenvalue weighted by atomic mass is 16.5. The van der Waals surface area contributed by atoms with Gasteiger partial charge in [-0.05, 0) is 26.0 Å². The zero-order valence-electron chi connectivity index (χ0n) is 13.7. The molecule has 0 N–H and O–H groups in total. The van der Waals surface area contributed by atoms with Gasteiger partial charge < -0.3 is 23.8 Å². The van der Waals surface area contributed by atoms with Gasteiger partial charge in [-0.15, -0.1) is 0 Å². The first kappa shape index (κ1) is 16.4. The van der Waals surface area contributed by atoms with Crippen molar-refractivity contribution in [1.29, 1.82) is 0 Å². The van der Waals surface area contributed by atoms with Crippen LogP contribution in [0.3, 0.4) is 0 Å². The Balaban J connectivity index is 2.33. The van der Waals surface area contributed by atoms with Crippen molar-refractivity contribution in [3.05, 3.63) is 17.7 Å². The minimum atomic E-state index is -0.0683. The quantitative estimate of drug-likeness (QED) is 0.851. The molecule has 1 saturated heterocycles. The average molecular weight is 309 g/mol. The molecule has 122 valence electrons. The minimum absolute atomic E-state index is 0.0229. The number of amides is 1. The van der Waals surface area contributed by atoms with Gasteiger partial charge in [0.1, 0.15) is 0 Å². The third kappa shape index (κ3) is 3.27. The predicted octanol–water partition coefficient (Wildman–Crippen LogP) is 1.96. The number of hydrogen-bond donors (Lipinski definition) is 0. The molecule has 1 fully saturated rings. The average Bonchev–Trinajstić information content (AvgIpc) is 2.51. The van der Waals surface area contributed by atoms with Crippen molar-refractivity contribution < 1.29 is 23.7 Å². The van der Waals surface area contributed by atoms with E-state index < -0.39 is 0 Å². The number of carbonyl (C=O) groups excluding carboxylic acids is 1. The summed E-state index contributed by atoms with van der Waals surface area (Å²) in [6, 6.07) is 3.35. The van der Waals surface area contributed by atoms with Crippen LogP contribution in [-0.4, -0.2) is 57.4 Å². The fourth-order valence-electron chi connectivity index (χ4n) is 2.73. The van der Waals surface area contributed by atoms with Gasteiger partial charge in [-0.3, -0.25) is 4.79 Å². The summed E-state index contributed by atoms with van der Waals surface area (Å²) in [5, 5.41) is 0. The van der Waals surface area contributed by atoms with E-state index in [1.54, 1.807) is 17.0 Å². The van der Waals surface area contributed by atoms with Crippen molar-refractivity contribution in [2.75, 3.05) is 34.4 Å². The predicted molar refractivity (Wildman–Crippen MR) is 82.0 cm³/mol. The van der Waals surface area contributed by atoms with Crippen LogP contribution in [-0.2, 0) is 4.74 Å². The van der Waals surface area contributed by atoms with Crippen LogP contribution in [0.4, 0.5) is 0 Å². The number of nitrogens with zero attached hydrogens (tertiary/aromatic N) is 1. The second-order valence-electron chi connectivity index (χ2n) is 5.38. The third-order valence-electron chi connectivity index (χ3n) is 3.62. The first-order chi connectivity index (χ1) is 10.5. The van der Waals surface area contributed by atoms with Crippen molar-refractivity contribution >= 4 is 5.91 Å². The minimum Gasteiger partial charge on any atom is -0.493 e. The van der Waals surface area contributed by atoms with Crippen molar-refractivity contribution in [3.8, 4) is 17.2 Å². The first-order valence-electron chi connectivity index (χ1n) is 7.24. The summed E-state index contributed by atoms with van der Waals surface area (Å²) in [5.41, 5.74) is 0.510. The van der Waals surface area contributed by atoms with E-state index in [-0.39, 0.29) is 18.1 Å². The molecule has 0 aliphatic carbocycles. The Bertz CT molecular complexity index is 510. The lowest BCUT2D eigenvalue weighted by Crippen LogP contribution is -2.48. The third-order valence-corrected chi connectivity index (χ3v) is 3.62. The molecule has 6 heteroatoms. The molecule has 22 heavy (non-hydrogen) atoms. The number of morpholine rings is 1. The molecule has 2 rings (SSSR count). The number of rotatable bonds is 4. The zero-order valence-corrected chi connectivity index (χ0v) is 13.7. The monoisotopic (exact) mass is 309 g/mol. The topological polar surface area (TPSA) is 57.2 Å². The Kier molecular flexibility index (Phi) is 5.13. The summed E-state index contributed by atoms with van der Waals surface area (Å²) >= 11 is 0. The van der Waals surface area contributed by atoms with Gasteiger partial charge in [0.25, 0.3) is 5.91 Å². The largest absolute Gasteiger partial charge is 0.493 e. The van der Waals surface area contributed by atoms with E-state index in [1.165, 1.54) is 21.3 Å². The van der Waals surface area contributed by atoms with E-state index in [9.17, 15) is 4.79 Å². The number of benzene rings is 1. The van der Waals surface area contributed by atoms with Gasteiger partial charge in [0.05, 0.1) is 33.5 Å². The molecule has 1 amide bonds. The van der Waals surface area contributed by atoms with E-state index in [0.717, 1.165) is 0 Å². The zero-order chi connectivity index (χ0) is 16.3. The van der Waals surface area contributed by atoms with Gasteiger partial charge in [-0.1, -0.05) is 0 Å². The summed E-state index contributed by atoms with van der Waals surface area (Å²) < 4.78 is 21.5. The van der Waals surface area contributed by atoms with E-state index in [4.69, 9.17) is 18.9 Å². The number of methoxy groups -OCH3 is 3. The van der Waals surface area contributed by atoms with Crippen LogP contribution < -0.4 is 14.2 Å². The molecule has 0 radical (unpaired) electrons. The van der Waals surface area contributed by atoms with Gasteiger partial charge in [0, 0.05) is 18.7 Å². The molecule has 0 spiro atoms. The van der Waals surface area contributed by atoms with Gasteiger partial charge in [0.2, 0.25) is 5.75 Å². The molecule has 6 nitrogen and oxygen atoms in total. The van der Waals surface area contributed by atoms with E-state index in [0.29, 0.717) is 35.9 Å². The lowest BCUT2D eigenvalue weighted by Gasteiger charge is -2.35. The lowest BCUT2D eigenvalue weighted by molar-refractivity contribution is -0.0586. The van der Waals surface area contributed by atoms with E-state index >= 15 is 0 Å². The van der Waals surface area contributed by atoms with Crippen LogP contribution in [0.15, 0.2) is 12.1 Å². The van der Waals surface area contributed by atoms with Gasteiger partial charge in [0.15, 0.2) is 11.5 Å². The summed E-state index contributed by atoms with van der Waals surface area (Å²) in [6.45, 7) is 5.07. The number of carbonyl (C=O) groups is 1. The maximum absolute atomic E-state index is 12.7.